The molecule has 1 saturated heterocycles. The monoisotopic (exact) mass is 399 g/mol. The maximum Gasteiger partial charge on any atom is 0.253 e. The van der Waals surface area contributed by atoms with E-state index >= 15 is 0 Å². The van der Waals surface area contributed by atoms with Crippen molar-refractivity contribution in [1.29, 1.82) is 0 Å². The van der Waals surface area contributed by atoms with Crippen LogP contribution in [0.5, 0.6) is 0 Å². The zero-order valence-corrected chi connectivity index (χ0v) is 17.0. The lowest BCUT2D eigenvalue weighted by molar-refractivity contribution is 0.0218. The zero-order valence-electron chi connectivity index (χ0n) is 16.2. The third kappa shape index (κ3) is 3.45. The van der Waals surface area contributed by atoms with Crippen LogP contribution in [0.15, 0.2) is 53.4 Å². The van der Waals surface area contributed by atoms with E-state index in [1.807, 2.05) is 4.90 Å². The van der Waals surface area contributed by atoms with E-state index in [1.54, 1.807) is 12.1 Å². The average Bonchev–Trinajstić information content (AvgIpc) is 2.66. The minimum Gasteiger partial charge on any atom is -0.335 e. The minimum absolute atomic E-state index is 0.0394. The molecule has 2 aromatic carbocycles. The first-order valence-electron chi connectivity index (χ1n) is 9.49. The van der Waals surface area contributed by atoms with Crippen LogP contribution in [0.25, 0.3) is 0 Å². The first-order valence-corrected chi connectivity index (χ1v) is 10.9. The summed E-state index contributed by atoms with van der Waals surface area (Å²) in [6.45, 7) is 3.41. The van der Waals surface area contributed by atoms with Crippen LogP contribution >= 0.6 is 0 Å². The number of benzene rings is 2. The van der Waals surface area contributed by atoms with Crippen LogP contribution in [0.4, 0.5) is 0 Å². The van der Waals surface area contributed by atoms with Gasteiger partial charge in [0.15, 0.2) is 0 Å². The van der Waals surface area contributed by atoms with E-state index in [4.69, 9.17) is 0 Å². The summed E-state index contributed by atoms with van der Waals surface area (Å²) in [5.74, 6) is -0.0394. The van der Waals surface area contributed by atoms with Crippen LogP contribution < -0.4 is 0 Å². The summed E-state index contributed by atoms with van der Waals surface area (Å²) in [5.41, 5.74) is 3.34. The van der Waals surface area contributed by atoms with E-state index in [9.17, 15) is 13.2 Å². The molecule has 0 N–H and O–H groups in total. The molecule has 0 radical (unpaired) electrons. The zero-order chi connectivity index (χ0) is 19.9. The van der Waals surface area contributed by atoms with Crippen molar-refractivity contribution in [3.8, 4) is 0 Å². The molecule has 148 valence electrons. The number of carbonyl (C=O) groups is 1. The van der Waals surface area contributed by atoms with E-state index in [1.165, 1.54) is 41.7 Å². The van der Waals surface area contributed by atoms with Crippen LogP contribution in [0.2, 0.25) is 0 Å². The fourth-order valence-electron chi connectivity index (χ4n) is 3.84. The highest BCUT2D eigenvalue weighted by atomic mass is 32.2. The summed E-state index contributed by atoms with van der Waals surface area (Å²) in [4.78, 5) is 17.2. The van der Waals surface area contributed by atoms with Crippen molar-refractivity contribution in [3.05, 3.63) is 65.2 Å². The summed E-state index contributed by atoms with van der Waals surface area (Å²) in [7, 11) is -0.490. The lowest BCUT2D eigenvalue weighted by atomic mass is 9.96. The number of hydrogen-bond acceptors (Lipinski definition) is 4. The number of likely N-dealkylation sites (tertiary alicyclic amines) is 1. The molecule has 2 aliphatic rings. The number of hydrogen-bond donors (Lipinski definition) is 0. The number of nitrogens with zero attached hydrogens (tertiary/aromatic N) is 3. The van der Waals surface area contributed by atoms with Gasteiger partial charge in [-0.2, -0.15) is 0 Å². The highest BCUT2D eigenvalue weighted by Gasteiger charge is 2.36. The fourth-order valence-corrected chi connectivity index (χ4v) is 4.75. The molecule has 0 aromatic heterocycles. The van der Waals surface area contributed by atoms with E-state index in [-0.39, 0.29) is 10.8 Å². The average molecular weight is 400 g/mol. The van der Waals surface area contributed by atoms with Crippen LogP contribution in [0, 0.1) is 0 Å². The topological polar surface area (TPSA) is 60.9 Å². The molecule has 28 heavy (non-hydrogen) atoms. The van der Waals surface area contributed by atoms with Crippen LogP contribution in [-0.4, -0.2) is 68.2 Å². The Morgan fingerprint density at radius 2 is 1.64 bits per heavy atom. The Kier molecular flexibility index (Phi) is 4.99. The summed E-state index contributed by atoms with van der Waals surface area (Å²) in [5, 5.41) is 0. The second-order valence-electron chi connectivity index (χ2n) is 7.66. The highest BCUT2D eigenvalue weighted by Crippen LogP contribution is 2.25. The first-order chi connectivity index (χ1) is 13.4. The lowest BCUT2D eigenvalue weighted by Gasteiger charge is -2.47. The van der Waals surface area contributed by atoms with Gasteiger partial charge < -0.3 is 4.90 Å². The van der Waals surface area contributed by atoms with E-state index in [0.717, 1.165) is 32.6 Å². The molecule has 4 rings (SSSR count). The Morgan fingerprint density at radius 3 is 2.29 bits per heavy atom. The van der Waals surface area contributed by atoms with Crippen molar-refractivity contribution in [2.45, 2.75) is 23.9 Å². The van der Waals surface area contributed by atoms with Crippen LogP contribution in [-0.2, 0) is 23.0 Å². The molecular weight excluding hydrogens is 374 g/mol. The van der Waals surface area contributed by atoms with E-state index < -0.39 is 10.0 Å². The summed E-state index contributed by atoms with van der Waals surface area (Å²) < 4.78 is 25.5. The number of fused-ring (bicyclic) bond motifs is 1. The second kappa shape index (κ2) is 7.31. The third-order valence-corrected chi connectivity index (χ3v) is 7.54. The molecule has 6 nitrogen and oxygen atoms in total. The largest absolute Gasteiger partial charge is 0.335 e. The quantitative estimate of drug-likeness (QED) is 0.787. The molecule has 0 bridgehead atoms. The van der Waals surface area contributed by atoms with E-state index in [0.29, 0.717) is 11.6 Å². The van der Waals surface area contributed by atoms with Gasteiger partial charge >= 0.3 is 0 Å². The minimum atomic E-state index is -3.48. The van der Waals surface area contributed by atoms with Gasteiger partial charge in [-0.05, 0) is 41.8 Å². The smallest absolute Gasteiger partial charge is 0.253 e. The summed E-state index contributed by atoms with van der Waals surface area (Å²) in [6.07, 6.45) is 1.06. The molecule has 0 saturated carbocycles. The Labute approximate surface area is 166 Å². The van der Waals surface area contributed by atoms with Crippen LogP contribution in [0.3, 0.4) is 0 Å². The maximum atomic E-state index is 12.7. The van der Waals surface area contributed by atoms with Gasteiger partial charge in [0.05, 0.1) is 4.90 Å². The highest BCUT2D eigenvalue weighted by molar-refractivity contribution is 7.89. The van der Waals surface area contributed by atoms with Crippen molar-refractivity contribution in [1.82, 2.24) is 14.1 Å². The van der Waals surface area contributed by atoms with Gasteiger partial charge in [-0.1, -0.05) is 24.3 Å². The van der Waals surface area contributed by atoms with Gasteiger partial charge in [0.25, 0.3) is 5.91 Å². The normalized spacial score (nSPS) is 18.0. The summed E-state index contributed by atoms with van der Waals surface area (Å²) >= 11 is 0. The van der Waals surface area contributed by atoms with Gasteiger partial charge in [-0.15, -0.1) is 0 Å². The molecule has 7 heteroatoms. The van der Waals surface area contributed by atoms with Crippen LogP contribution in [0.1, 0.15) is 21.5 Å². The van der Waals surface area contributed by atoms with Gasteiger partial charge in [-0.3, -0.25) is 9.69 Å². The van der Waals surface area contributed by atoms with Gasteiger partial charge in [-0.25, -0.2) is 12.7 Å². The predicted octanol–water partition coefficient (Wildman–Crippen LogP) is 1.82. The van der Waals surface area contributed by atoms with Crippen molar-refractivity contribution >= 4 is 15.9 Å². The third-order valence-electron chi connectivity index (χ3n) is 5.71. The molecule has 1 fully saturated rings. The Morgan fingerprint density at radius 1 is 1.00 bits per heavy atom. The molecule has 2 aliphatic heterocycles. The maximum absolute atomic E-state index is 12.7. The molecular formula is C21H25N3O3S. The van der Waals surface area contributed by atoms with Crippen molar-refractivity contribution in [2.24, 2.45) is 0 Å². The standard InChI is InChI=1S/C21H25N3O3S/c1-22(2)28(26,27)20-9-7-17(8-10-20)21(25)24-14-19(15-24)23-12-11-16-5-3-4-6-18(16)13-23/h3-10,19H,11-15H2,1-2H3. The first kappa shape index (κ1) is 19.1. The number of carbonyl (C=O) groups excluding carboxylic acids is 1. The number of sulfonamides is 1. The van der Waals surface area contributed by atoms with Crippen molar-refractivity contribution in [3.63, 3.8) is 0 Å². The van der Waals surface area contributed by atoms with Crippen molar-refractivity contribution < 1.29 is 13.2 Å². The van der Waals surface area contributed by atoms with Gasteiger partial charge in [0, 0.05) is 51.9 Å². The van der Waals surface area contributed by atoms with Gasteiger partial charge in [0.1, 0.15) is 0 Å². The fraction of sp³-hybridized carbons (Fsp3) is 0.381. The predicted molar refractivity (Wildman–Crippen MR) is 108 cm³/mol. The Balaban J connectivity index is 1.37. The lowest BCUT2D eigenvalue weighted by Crippen LogP contribution is -2.61. The Hall–Kier alpha value is -2.22. The molecule has 2 heterocycles. The second-order valence-corrected chi connectivity index (χ2v) is 9.82. The molecule has 0 atom stereocenters. The Bertz CT molecular complexity index is 980. The molecule has 0 spiro atoms. The molecule has 0 aliphatic carbocycles. The molecule has 0 unspecified atom stereocenters. The van der Waals surface area contributed by atoms with Gasteiger partial charge in [0.2, 0.25) is 10.0 Å². The molecule has 2 aromatic rings. The number of amides is 1. The summed E-state index contributed by atoms with van der Waals surface area (Å²) in [6, 6.07) is 15.2. The SMILES string of the molecule is CN(C)S(=O)(=O)c1ccc(C(=O)N2CC(N3CCc4ccccc4C3)C2)cc1. The van der Waals surface area contributed by atoms with E-state index in [2.05, 4.69) is 29.2 Å². The van der Waals surface area contributed by atoms with Crippen molar-refractivity contribution in [2.75, 3.05) is 33.7 Å². The molecule has 1 amide bonds. The number of rotatable bonds is 4.